The number of carbonyl (C=O) groups is 2. The average molecular weight is 269 g/mol. The Hall–Kier alpha value is -1.10. The van der Waals surface area contributed by atoms with Crippen molar-refractivity contribution in [2.45, 2.75) is 58.5 Å². The van der Waals surface area contributed by atoms with Gasteiger partial charge >= 0.3 is 0 Å². The molecule has 0 aliphatic carbocycles. The summed E-state index contributed by atoms with van der Waals surface area (Å²) < 4.78 is 0. The highest BCUT2D eigenvalue weighted by atomic mass is 16.2. The van der Waals surface area contributed by atoms with E-state index in [1.807, 2.05) is 18.7 Å². The highest BCUT2D eigenvalue weighted by Gasteiger charge is 2.26. The third kappa shape index (κ3) is 4.49. The highest BCUT2D eigenvalue weighted by Crippen LogP contribution is 2.10. The van der Waals surface area contributed by atoms with Gasteiger partial charge in [-0.15, -0.1) is 0 Å². The molecular weight excluding hydrogens is 242 g/mol. The van der Waals surface area contributed by atoms with Crippen LogP contribution in [0.5, 0.6) is 0 Å². The lowest BCUT2D eigenvalue weighted by Crippen LogP contribution is -2.53. The van der Waals surface area contributed by atoms with Gasteiger partial charge in [0.25, 0.3) is 0 Å². The first kappa shape index (κ1) is 16.0. The standard InChI is InChI=1S/C14H27N3O2/c1-4-10(2)12(15)13(18)16-11(3)14(19)17-8-6-5-7-9-17/h10-12H,4-9,15H2,1-3H3,(H,16,18). The van der Waals surface area contributed by atoms with Crippen LogP contribution in [-0.2, 0) is 9.59 Å². The Balaban J connectivity index is 2.46. The molecule has 0 saturated carbocycles. The third-order valence-electron chi connectivity index (χ3n) is 3.96. The predicted octanol–water partition coefficient (Wildman–Crippen LogP) is 0.877. The molecule has 0 radical (unpaired) electrons. The minimum absolute atomic E-state index is 0.00408. The smallest absolute Gasteiger partial charge is 0.244 e. The summed E-state index contributed by atoms with van der Waals surface area (Å²) in [5.41, 5.74) is 5.86. The molecular formula is C14H27N3O2. The Kier molecular flexibility index (Phi) is 6.28. The molecule has 5 heteroatoms. The van der Waals surface area contributed by atoms with Crippen LogP contribution in [0.15, 0.2) is 0 Å². The molecule has 5 nitrogen and oxygen atoms in total. The lowest BCUT2D eigenvalue weighted by atomic mass is 9.99. The van der Waals surface area contributed by atoms with E-state index >= 15 is 0 Å². The summed E-state index contributed by atoms with van der Waals surface area (Å²) in [4.78, 5) is 25.9. The van der Waals surface area contributed by atoms with Crippen LogP contribution in [0.1, 0.15) is 46.5 Å². The summed E-state index contributed by atoms with van der Waals surface area (Å²) in [6.45, 7) is 7.28. The number of hydrogen-bond acceptors (Lipinski definition) is 3. The Labute approximate surface area is 115 Å². The van der Waals surface area contributed by atoms with Gasteiger partial charge in [-0.25, -0.2) is 0 Å². The fourth-order valence-corrected chi connectivity index (χ4v) is 2.27. The molecule has 3 N–H and O–H groups in total. The molecule has 0 aromatic carbocycles. The molecule has 1 heterocycles. The molecule has 2 amide bonds. The second-order valence-electron chi connectivity index (χ2n) is 5.53. The van der Waals surface area contributed by atoms with E-state index in [0.29, 0.717) is 0 Å². The van der Waals surface area contributed by atoms with E-state index in [0.717, 1.165) is 32.4 Å². The van der Waals surface area contributed by atoms with Crippen LogP contribution >= 0.6 is 0 Å². The van der Waals surface area contributed by atoms with Crippen molar-refractivity contribution >= 4 is 11.8 Å². The zero-order valence-corrected chi connectivity index (χ0v) is 12.3. The number of amides is 2. The monoisotopic (exact) mass is 269 g/mol. The van der Waals surface area contributed by atoms with E-state index in [-0.39, 0.29) is 17.7 Å². The fraction of sp³-hybridized carbons (Fsp3) is 0.857. The first-order chi connectivity index (χ1) is 8.97. The van der Waals surface area contributed by atoms with Gasteiger partial charge in [0.2, 0.25) is 11.8 Å². The van der Waals surface area contributed by atoms with Crippen molar-refractivity contribution in [3.63, 3.8) is 0 Å². The number of hydrogen-bond donors (Lipinski definition) is 2. The Morgan fingerprint density at radius 2 is 1.79 bits per heavy atom. The summed E-state index contributed by atoms with van der Waals surface area (Å²) in [7, 11) is 0. The normalized spacial score (nSPS) is 20.5. The number of piperidine rings is 1. The quantitative estimate of drug-likeness (QED) is 0.778. The van der Waals surface area contributed by atoms with E-state index in [4.69, 9.17) is 5.73 Å². The maximum Gasteiger partial charge on any atom is 0.244 e. The van der Waals surface area contributed by atoms with Crippen LogP contribution in [0.2, 0.25) is 0 Å². The second kappa shape index (κ2) is 7.48. The van der Waals surface area contributed by atoms with Crippen molar-refractivity contribution in [1.82, 2.24) is 10.2 Å². The minimum Gasteiger partial charge on any atom is -0.343 e. The number of nitrogens with two attached hydrogens (primary N) is 1. The molecule has 1 fully saturated rings. The van der Waals surface area contributed by atoms with Crippen molar-refractivity contribution in [2.75, 3.05) is 13.1 Å². The molecule has 1 aliphatic rings. The lowest BCUT2D eigenvalue weighted by molar-refractivity contribution is -0.137. The maximum absolute atomic E-state index is 12.2. The van der Waals surface area contributed by atoms with Crippen molar-refractivity contribution < 1.29 is 9.59 Å². The first-order valence-electron chi connectivity index (χ1n) is 7.32. The Morgan fingerprint density at radius 1 is 1.21 bits per heavy atom. The molecule has 3 atom stereocenters. The van der Waals surface area contributed by atoms with E-state index in [1.54, 1.807) is 6.92 Å². The molecule has 110 valence electrons. The molecule has 0 spiro atoms. The topological polar surface area (TPSA) is 75.4 Å². The Morgan fingerprint density at radius 3 is 2.32 bits per heavy atom. The van der Waals surface area contributed by atoms with Crippen molar-refractivity contribution in [1.29, 1.82) is 0 Å². The van der Waals surface area contributed by atoms with Gasteiger partial charge in [0, 0.05) is 13.1 Å². The van der Waals surface area contributed by atoms with Crippen LogP contribution in [0, 0.1) is 5.92 Å². The third-order valence-corrected chi connectivity index (χ3v) is 3.96. The SMILES string of the molecule is CCC(C)C(N)C(=O)NC(C)C(=O)N1CCCCC1. The molecule has 1 saturated heterocycles. The van der Waals surface area contributed by atoms with E-state index in [9.17, 15) is 9.59 Å². The van der Waals surface area contributed by atoms with E-state index < -0.39 is 12.1 Å². The van der Waals surface area contributed by atoms with Crippen LogP contribution in [-0.4, -0.2) is 41.9 Å². The number of nitrogens with one attached hydrogen (secondary N) is 1. The summed E-state index contributed by atoms with van der Waals surface area (Å²) in [5, 5.41) is 2.74. The summed E-state index contributed by atoms with van der Waals surface area (Å²) in [6.07, 6.45) is 4.14. The number of carbonyl (C=O) groups excluding carboxylic acids is 2. The Bertz CT molecular complexity index is 314. The van der Waals surface area contributed by atoms with Gasteiger partial charge in [-0.2, -0.15) is 0 Å². The van der Waals surface area contributed by atoms with E-state index in [2.05, 4.69) is 5.32 Å². The molecule has 1 rings (SSSR count). The molecule has 0 bridgehead atoms. The van der Waals surface area contributed by atoms with Crippen LogP contribution in [0.3, 0.4) is 0 Å². The summed E-state index contributed by atoms with van der Waals surface area (Å²) in [5.74, 6) is -0.103. The second-order valence-corrected chi connectivity index (χ2v) is 5.53. The van der Waals surface area contributed by atoms with Crippen LogP contribution in [0.4, 0.5) is 0 Å². The van der Waals surface area contributed by atoms with Gasteiger partial charge in [0.05, 0.1) is 6.04 Å². The largest absolute Gasteiger partial charge is 0.343 e. The van der Waals surface area contributed by atoms with Gasteiger partial charge < -0.3 is 16.0 Å². The van der Waals surface area contributed by atoms with Crippen molar-refractivity contribution in [2.24, 2.45) is 11.7 Å². The molecule has 0 aromatic heterocycles. The molecule has 1 aliphatic heterocycles. The van der Waals surface area contributed by atoms with Crippen LogP contribution in [0.25, 0.3) is 0 Å². The molecule has 3 unspecified atom stereocenters. The highest BCUT2D eigenvalue weighted by molar-refractivity contribution is 5.89. The van der Waals surface area contributed by atoms with Crippen molar-refractivity contribution in [3.05, 3.63) is 0 Å². The summed E-state index contributed by atoms with van der Waals surface area (Å²) >= 11 is 0. The average Bonchev–Trinajstić information content (AvgIpc) is 2.45. The predicted molar refractivity (Wildman–Crippen MR) is 75.5 cm³/mol. The van der Waals surface area contributed by atoms with E-state index in [1.165, 1.54) is 6.42 Å². The van der Waals surface area contributed by atoms with Gasteiger partial charge in [-0.3, -0.25) is 9.59 Å². The molecule has 19 heavy (non-hydrogen) atoms. The minimum atomic E-state index is -0.540. The lowest BCUT2D eigenvalue weighted by Gasteiger charge is -2.30. The number of likely N-dealkylation sites (tertiary alicyclic amines) is 1. The first-order valence-corrected chi connectivity index (χ1v) is 7.32. The maximum atomic E-state index is 12.2. The molecule has 0 aromatic rings. The van der Waals surface area contributed by atoms with Gasteiger partial charge in [0.1, 0.15) is 6.04 Å². The number of rotatable bonds is 5. The number of nitrogens with zero attached hydrogens (tertiary/aromatic N) is 1. The van der Waals surface area contributed by atoms with Gasteiger partial charge in [-0.05, 0) is 32.1 Å². The van der Waals surface area contributed by atoms with Crippen molar-refractivity contribution in [3.8, 4) is 0 Å². The fourth-order valence-electron chi connectivity index (χ4n) is 2.27. The zero-order valence-electron chi connectivity index (χ0n) is 12.3. The van der Waals surface area contributed by atoms with Gasteiger partial charge in [-0.1, -0.05) is 20.3 Å². The summed E-state index contributed by atoms with van der Waals surface area (Å²) in [6, 6.07) is -1.03. The van der Waals surface area contributed by atoms with Gasteiger partial charge in [0.15, 0.2) is 0 Å². The zero-order chi connectivity index (χ0) is 14.4. The van der Waals surface area contributed by atoms with Crippen LogP contribution < -0.4 is 11.1 Å².